The highest BCUT2D eigenvalue weighted by molar-refractivity contribution is 6.29. The van der Waals surface area contributed by atoms with Crippen LogP contribution in [0.4, 0.5) is 10.1 Å². The Hall–Kier alpha value is -1.29. The quantitative estimate of drug-likeness (QED) is 0.759. The monoisotopic (exact) mass is 225 g/mol. The summed E-state index contributed by atoms with van der Waals surface area (Å²) in [5.41, 5.74) is 6.97. The van der Waals surface area contributed by atoms with Crippen molar-refractivity contribution in [1.29, 1.82) is 0 Å². The molecule has 0 aliphatic heterocycles. The number of nitrogens with zero attached hydrogens (tertiary/aromatic N) is 2. The zero-order valence-corrected chi connectivity index (χ0v) is 8.63. The van der Waals surface area contributed by atoms with E-state index in [2.05, 4.69) is 4.98 Å². The van der Waals surface area contributed by atoms with Gasteiger partial charge in [0.25, 0.3) is 0 Å². The third kappa shape index (κ3) is 1.28. The highest BCUT2D eigenvalue weighted by Gasteiger charge is 2.28. The van der Waals surface area contributed by atoms with Crippen LogP contribution in [0.3, 0.4) is 0 Å². The zero-order valence-electron chi connectivity index (χ0n) is 7.87. The van der Waals surface area contributed by atoms with Gasteiger partial charge >= 0.3 is 0 Å². The first kappa shape index (κ1) is 8.97. The van der Waals surface area contributed by atoms with E-state index in [0.717, 1.165) is 18.4 Å². The van der Waals surface area contributed by atoms with Crippen LogP contribution in [-0.4, -0.2) is 9.55 Å². The minimum atomic E-state index is -0.416. The maximum absolute atomic E-state index is 13.3. The van der Waals surface area contributed by atoms with Crippen molar-refractivity contribution in [1.82, 2.24) is 9.55 Å². The molecule has 1 aromatic heterocycles. The second-order valence-corrected chi connectivity index (χ2v) is 4.18. The maximum Gasteiger partial charge on any atom is 0.204 e. The molecule has 0 radical (unpaired) electrons. The first-order valence-electron chi connectivity index (χ1n) is 4.79. The van der Waals surface area contributed by atoms with Crippen LogP contribution in [0.1, 0.15) is 18.9 Å². The van der Waals surface area contributed by atoms with Crippen molar-refractivity contribution < 1.29 is 4.39 Å². The van der Waals surface area contributed by atoms with Crippen LogP contribution in [0.15, 0.2) is 12.1 Å². The SMILES string of the molecule is Nc1cc2nc(Cl)n(C3CC3)c2cc1F. The van der Waals surface area contributed by atoms with Crippen molar-refractivity contribution in [2.45, 2.75) is 18.9 Å². The van der Waals surface area contributed by atoms with E-state index in [1.54, 1.807) is 0 Å². The molecule has 1 heterocycles. The summed E-state index contributed by atoms with van der Waals surface area (Å²) < 4.78 is 15.2. The van der Waals surface area contributed by atoms with Gasteiger partial charge in [-0.1, -0.05) is 0 Å². The average Bonchev–Trinajstić information content (AvgIpc) is 2.93. The third-order valence-corrected chi connectivity index (χ3v) is 2.94. The Morgan fingerprint density at radius 3 is 2.87 bits per heavy atom. The molecule has 2 aromatic rings. The standard InChI is InChI=1S/C10H9ClFN3/c11-10-14-8-4-7(13)6(12)3-9(8)15(10)5-1-2-5/h3-5H,1-2,13H2. The van der Waals surface area contributed by atoms with Crippen LogP contribution < -0.4 is 5.73 Å². The Morgan fingerprint density at radius 2 is 2.20 bits per heavy atom. The molecule has 0 saturated heterocycles. The maximum atomic E-state index is 13.3. The molecule has 1 saturated carbocycles. The Morgan fingerprint density at radius 1 is 1.47 bits per heavy atom. The van der Waals surface area contributed by atoms with E-state index >= 15 is 0 Å². The second kappa shape index (κ2) is 2.85. The average molecular weight is 226 g/mol. The molecule has 1 aliphatic carbocycles. The largest absolute Gasteiger partial charge is 0.396 e. The number of imidazole rings is 1. The van der Waals surface area contributed by atoms with Gasteiger partial charge in [0.05, 0.1) is 16.7 Å². The number of benzene rings is 1. The van der Waals surface area contributed by atoms with Crippen molar-refractivity contribution >= 4 is 28.3 Å². The minimum absolute atomic E-state index is 0.111. The van der Waals surface area contributed by atoms with E-state index in [0.29, 0.717) is 16.8 Å². The van der Waals surface area contributed by atoms with Gasteiger partial charge in [-0.3, -0.25) is 0 Å². The highest BCUT2D eigenvalue weighted by atomic mass is 35.5. The minimum Gasteiger partial charge on any atom is -0.396 e. The molecular formula is C10H9ClFN3. The zero-order chi connectivity index (χ0) is 10.6. The Kier molecular flexibility index (Phi) is 1.71. The molecule has 0 amide bonds. The van der Waals surface area contributed by atoms with Gasteiger partial charge in [0.15, 0.2) is 0 Å². The summed E-state index contributed by atoms with van der Waals surface area (Å²) >= 11 is 6.00. The van der Waals surface area contributed by atoms with Gasteiger partial charge in [0.1, 0.15) is 5.82 Å². The second-order valence-electron chi connectivity index (χ2n) is 3.84. The van der Waals surface area contributed by atoms with Gasteiger partial charge < -0.3 is 10.3 Å². The van der Waals surface area contributed by atoms with E-state index < -0.39 is 5.82 Å². The molecular weight excluding hydrogens is 217 g/mol. The molecule has 0 unspecified atom stereocenters. The summed E-state index contributed by atoms with van der Waals surface area (Å²) in [6.07, 6.45) is 2.16. The van der Waals surface area contributed by atoms with Crippen molar-refractivity contribution in [2.75, 3.05) is 5.73 Å². The summed E-state index contributed by atoms with van der Waals surface area (Å²) in [7, 11) is 0. The molecule has 1 aliphatic rings. The van der Waals surface area contributed by atoms with Gasteiger partial charge in [0, 0.05) is 12.1 Å². The van der Waals surface area contributed by atoms with Crippen LogP contribution >= 0.6 is 11.6 Å². The van der Waals surface area contributed by atoms with E-state index in [-0.39, 0.29) is 5.69 Å². The molecule has 3 rings (SSSR count). The number of hydrogen-bond acceptors (Lipinski definition) is 2. The number of hydrogen-bond donors (Lipinski definition) is 1. The van der Waals surface area contributed by atoms with Gasteiger partial charge in [-0.05, 0) is 30.5 Å². The van der Waals surface area contributed by atoms with Crippen LogP contribution in [0.2, 0.25) is 5.28 Å². The number of anilines is 1. The topological polar surface area (TPSA) is 43.8 Å². The van der Waals surface area contributed by atoms with Crippen molar-refractivity contribution in [3.63, 3.8) is 0 Å². The number of halogens is 2. The van der Waals surface area contributed by atoms with E-state index in [9.17, 15) is 4.39 Å². The van der Waals surface area contributed by atoms with Crippen LogP contribution in [-0.2, 0) is 0 Å². The van der Waals surface area contributed by atoms with Crippen molar-refractivity contribution in [3.8, 4) is 0 Å². The first-order chi connectivity index (χ1) is 7.16. The molecule has 0 bridgehead atoms. The van der Waals surface area contributed by atoms with Gasteiger partial charge in [-0.2, -0.15) is 0 Å². The van der Waals surface area contributed by atoms with Crippen LogP contribution in [0, 0.1) is 5.82 Å². The number of fused-ring (bicyclic) bond motifs is 1. The highest BCUT2D eigenvalue weighted by Crippen LogP contribution is 2.40. The molecule has 3 nitrogen and oxygen atoms in total. The van der Waals surface area contributed by atoms with Crippen molar-refractivity contribution in [3.05, 3.63) is 23.2 Å². The molecule has 0 atom stereocenters. The lowest BCUT2D eigenvalue weighted by molar-refractivity contribution is 0.632. The van der Waals surface area contributed by atoms with Crippen LogP contribution in [0.25, 0.3) is 11.0 Å². The fraction of sp³-hybridized carbons (Fsp3) is 0.300. The Bertz CT molecular complexity index is 545. The summed E-state index contributed by atoms with van der Waals surface area (Å²) in [6, 6.07) is 3.31. The predicted octanol–water partition coefficient (Wildman–Crippen LogP) is 2.75. The number of nitrogens with two attached hydrogens (primary N) is 1. The van der Waals surface area contributed by atoms with E-state index in [1.165, 1.54) is 12.1 Å². The van der Waals surface area contributed by atoms with E-state index in [1.807, 2.05) is 4.57 Å². The molecule has 1 fully saturated rings. The predicted molar refractivity (Wildman–Crippen MR) is 57.4 cm³/mol. The number of nitrogen functional groups attached to an aromatic ring is 1. The van der Waals surface area contributed by atoms with Crippen LogP contribution in [0.5, 0.6) is 0 Å². The molecule has 15 heavy (non-hydrogen) atoms. The summed E-state index contributed by atoms with van der Waals surface area (Å²) in [4.78, 5) is 4.16. The lowest BCUT2D eigenvalue weighted by atomic mass is 10.2. The van der Waals surface area contributed by atoms with Gasteiger partial charge in [-0.25, -0.2) is 9.37 Å². The Labute approximate surface area is 90.6 Å². The molecule has 78 valence electrons. The summed E-state index contributed by atoms with van der Waals surface area (Å²) in [6.45, 7) is 0. The van der Waals surface area contributed by atoms with Gasteiger partial charge in [-0.15, -0.1) is 0 Å². The molecule has 2 N–H and O–H groups in total. The fourth-order valence-corrected chi connectivity index (χ4v) is 2.10. The number of rotatable bonds is 1. The number of aromatic nitrogens is 2. The first-order valence-corrected chi connectivity index (χ1v) is 5.17. The molecule has 0 spiro atoms. The lowest BCUT2D eigenvalue weighted by Gasteiger charge is -2.03. The fourth-order valence-electron chi connectivity index (χ4n) is 1.78. The Balaban J connectivity index is 2.34. The molecule has 1 aromatic carbocycles. The molecule has 5 heteroatoms. The van der Waals surface area contributed by atoms with Crippen molar-refractivity contribution in [2.24, 2.45) is 0 Å². The lowest BCUT2D eigenvalue weighted by Crippen LogP contribution is -1.95. The normalized spacial score (nSPS) is 16.1. The summed E-state index contributed by atoms with van der Waals surface area (Å²) in [5.74, 6) is -0.416. The third-order valence-electron chi connectivity index (χ3n) is 2.68. The smallest absolute Gasteiger partial charge is 0.204 e. The van der Waals surface area contributed by atoms with Gasteiger partial charge in [0.2, 0.25) is 5.28 Å². The summed E-state index contributed by atoms with van der Waals surface area (Å²) in [5, 5.41) is 0.414. The van der Waals surface area contributed by atoms with E-state index in [4.69, 9.17) is 17.3 Å².